The summed E-state index contributed by atoms with van der Waals surface area (Å²) >= 11 is 0. The number of aromatic nitrogens is 5. The molecular weight excluding hydrogens is 426 g/mol. The number of hydrogen-bond acceptors (Lipinski definition) is 6. The van der Waals surface area contributed by atoms with Crippen molar-refractivity contribution in [3.05, 3.63) is 67.1 Å². The fourth-order valence-corrected chi connectivity index (χ4v) is 4.65. The number of benzene rings is 2. The van der Waals surface area contributed by atoms with Crippen LogP contribution in [0, 0.1) is 0 Å². The molecule has 4 heterocycles. The Labute approximate surface area is 197 Å². The quantitative estimate of drug-likeness (QED) is 0.418. The second-order valence-corrected chi connectivity index (χ2v) is 8.66. The van der Waals surface area contributed by atoms with Gasteiger partial charge in [-0.05, 0) is 30.3 Å². The molecule has 0 amide bonds. The molecule has 34 heavy (non-hydrogen) atoms. The summed E-state index contributed by atoms with van der Waals surface area (Å²) in [7, 11) is 2.06. The van der Waals surface area contributed by atoms with Gasteiger partial charge in [-0.15, -0.1) is 0 Å². The van der Waals surface area contributed by atoms with Gasteiger partial charge in [0.05, 0.1) is 37.2 Å². The highest BCUT2D eigenvalue weighted by Gasteiger charge is 2.13. The Morgan fingerprint density at radius 1 is 1.00 bits per heavy atom. The van der Waals surface area contributed by atoms with Crippen LogP contribution in [0.5, 0.6) is 0 Å². The first-order valence-corrected chi connectivity index (χ1v) is 11.6. The van der Waals surface area contributed by atoms with Crippen LogP contribution < -0.4 is 5.32 Å². The van der Waals surface area contributed by atoms with Gasteiger partial charge in [-0.2, -0.15) is 5.10 Å². The Morgan fingerprint density at radius 2 is 1.88 bits per heavy atom. The largest absolute Gasteiger partial charge is 0.379 e. The van der Waals surface area contributed by atoms with Gasteiger partial charge in [0.15, 0.2) is 0 Å². The molecule has 1 saturated heterocycles. The molecule has 0 saturated carbocycles. The Kier molecular flexibility index (Phi) is 5.44. The number of hydrogen-bond donors (Lipinski definition) is 1. The lowest BCUT2D eigenvalue weighted by molar-refractivity contribution is 0.0361. The van der Waals surface area contributed by atoms with Crippen LogP contribution in [0.4, 0.5) is 11.6 Å². The van der Waals surface area contributed by atoms with E-state index in [4.69, 9.17) is 9.72 Å². The summed E-state index contributed by atoms with van der Waals surface area (Å²) in [6, 6.07) is 16.6. The normalized spacial score (nSPS) is 14.7. The second-order valence-electron chi connectivity index (χ2n) is 8.66. The molecule has 0 atom stereocenters. The lowest BCUT2D eigenvalue weighted by Gasteiger charge is -2.26. The number of nitrogens with zero attached hydrogens (tertiary/aromatic N) is 6. The van der Waals surface area contributed by atoms with E-state index in [9.17, 15) is 0 Å². The lowest BCUT2D eigenvalue weighted by atomic mass is 10.1. The van der Waals surface area contributed by atoms with Gasteiger partial charge < -0.3 is 14.6 Å². The van der Waals surface area contributed by atoms with E-state index in [1.807, 2.05) is 12.3 Å². The van der Waals surface area contributed by atoms with Crippen molar-refractivity contribution in [3.63, 3.8) is 0 Å². The number of ether oxygens (including phenoxy) is 1. The topological polar surface area (TPSA) is 73.0 Å². The first-order chi connectivity index (χ1) is 16.7. The summed E-state index contributed by atoms with van der Waals surface area (Å²) in [5.74, 6) is 0.574. The maximum atomic E-state index is 5.44. The third-order valence-corrected chi connectivity index (χ3v) is 6.46. The van der Waals surface area contributed by atoms with Crippen molar-refractivity contribution in [2.24, 2.45) is 7.05 Å². The van der Waals surface area contributed by atoms with Gasteiger partial charge in [-0.3, -0.25) is 9.58 Å². The van der Waals surface area contributed by atoms with E-state index < -0.39 is 0 Å². The van der Waals surface area contributed by atoms with E-state index >= 15 is 0 Å². The molecule has 8 heteroatoms. The third-order valence-electron chi connectivity index (χ3n) is 6.46. The molecule has 0 bridgehead atoms. The maximum Gasteiger partial charge on any atom is 0.227 e. The monoisotopic (exact) mass is 453 g/mol. The molecule has 8 nitrogen and oxygen atoms in total. The zero-order valence-electron chi connectivity index (χ0n) is 19.2. The van der Waals surface area contributed by atoms with Gasteiger partial charge >= 0.3 is 0 Å². The van der Waals surface area contributed by atoms with Crippen LogP contribution >= 0.6 is 0 Å². The predicted octanol–water partition coefficient (Wildman–Crippen LogP) is 4.06. The highest BCUT2D eigenvalue weighted by atomic mass is 16.5. The van der Waals surface area contributed by atoms with Crippen LogP contribution in [-0.4, -0.2) is 62.1 Å². The van der Waals surface area contributed by atoms with Crippen molar-refractivity contribution < 1.29 is 4.74 Å². The molecule has 0 aliphatic carbocycles. The van der Waals surface area contributed by atoms with Crippen molar-refractivity contribution in [3.8, 4) is 11.3 Å². The highest BCUT2D eigenvalue weighted by molar-refractivity contribution is 5.95. The van der Waals surface area contributed by atoms with E-state index in [-0.39, 0.29) is 0 Å². The highest BCUT2D eigenvalue weighted by Crippen LogP contribution is 2.29. The van der Waals surface area contributed by atoms with Crippen LogP contribution in [0.25, 0.3) is 33.1 Å². The van der Waals surface area contributed by atoms with E-state index in [0.29, 0.717) is 5.95 Å². The number of nitrogens with one attached hydrogen (secondary N) is 1. The van der Waals surface area contributed by atoms with Crippen molar-refractivity contribution in [1.29, 1.82) is 0 Å². The Balaban J connectivity index is 1.21. The van der Waals surface area contributed by atoms with Crippen molar-refractivity contribution >= 4 is 33.4 Å². The summed E-state index contributed by atoms with van der Waals surface area (Å²) in [5, 5.41) is 10.3. The third kappa shape index (κ3) is 4.02. The minimum atomic E-state index is 0.574. The summed E-state index contributed by atoms with van der Waals surface area (Å²) in [6.07, 6.45) is 5.84. The molecule has 1 fully saturated rings. The summed E-state index contributed by atoms with van der Waals surface area (Å²) in [5.41, 5.74) is 5.24. The molecule has 0 unspecified atom stereocenters. The second kappa shape index (κ2) is 8.89. The molecule has 1 aliphatic rings. The number of anilines is 2. The van der Waals surface area contributed by atoms with Gasteiger partial charge in [0.25, 0.3) is 0 Å². The summed E-state index contributed by atoms with van der Waals surface area (Å²) in [6.45, 7) is 5.47. The predicted molar refractivity (Wildman–Crippen MR) is 134 cm³/mol. The number of morpholine rings is 1. The molecule has 3 aromatic heterocycles. The molecule has 0 spiro atoms. The number of para-hydroxylation sites is 1. The van der Waals surface area contributed by atoms with Crippen LogP contribution in [0.3, 0.4) is 0 Å². The standard InChI is InChI=1S/C26H27N7O/c1-31-18-22(21-4-2-3-5-25(21)31)23-8-9-27-26(30-23)29-20-6-7-24-19(16-20)17-28-33(24)11-10-32-12-14-34-15-13-32/h2-9,16-18H,10-15H2,1H3,(H,27,29,30). The molecule has 2 aromatic carbocycles. The minimum Gasteiger partial charge on any atom is -0.379 e. The molecule has 5 aromatic rings. The average Bonchev–Trinajstić information content (AvgIpc) is 3.44. The fourth-order valence-electron chi connectivity index (χ4n) is 4.65. The number of aryl methyl sites for hydroxylation is 1. The average molecular weight is 454 g/mol. The zero-order chi connectivity index (χ0) is 22.9. The molecular formula is C26H27N7O. The van der Waals surface area contributed by atoms with Crippen molar-refractivity contribution in [2.45, 2.75) is 6.54 Å². The van der Waals surface area contributed by atoms with Crippen LogP contribution in [0.1, 0.15) is 0 Å². The summed E-state index contributed by atoms with van der Waals surface area (Å²) < 4.78 is 9.64. The van der Waals surface area contributed by atoms with E-state index in [2.05, 4.69) is 85.3 Å². The van der Waals surface area contributed by atoms with Gasteiger partial charge in [0, 0.05) is 66.6 Å². The molecule has 6 rings (SSSR count). The first-order valence-electron chi connectivity index (χ1n) is 11.6. The zero-order valence-corrected chi connectivity index (χ0v) is 19.2. The Hall–Kier alpha value is -3.75. The van der Waals surface area contributed by atoms with E-state index in [1.165, 1.54) is 10.9 Å². The molecule has 1 aliphatic heterocycles. The summed E-state index contributed by atoms with van der Waals surface area (Å²) in [4.78, 5) is 11.7. The molecule has 1 N–H and O–H groups in total. The molecule has 0 radical (unpaired) electrons. The van der Waals surface area contributed by atoms with Crippen LogP contribution in [-0.2, 0) is 18.3 Å². The van der Waals surface area contributed by atoms with Crippen LogP contribution in [0.15, 0.2) is 67.1 Å². The SMILES string of the molecule is Cn1cc(-c2ccnc(Nc3ccc4c(cnn4CCN4CCOCC4)c3)n2)c2ccccc21. The lowest BCUT2D eigenvalue weighted by Crippen LogP contribution is -2.38. The van der Waals surface area contributed by atoms with Crippen molar-refractivity contribution in [2.75, 3.05) is 38.2 Å². The van der Waals surface area contributed by atoms with E-state index in [0.717, 1.165) is 67.2 Å². The Bertz CT molecular complexity index is 1450. The Morgan fingerprint density at radius 3 is 2.79 bits per heavy atom. The van der Waals surface area contributed by atoms with Gasteiger partial charge in [-0.1, -0.05) is 18.2 Å². The van der Waals surface area contributed by atoms with Gasteiger partial charge in [0.2, 0.25) is 5.95 Å². The smallest absolute Gasteiger partial charge is 0.227 e. The van der Waals surface area contributed by atoms with Gasteiger partial charge in [0.1, 0.15) is 0 Å². The molecule has 172 valence electrons. The maximum absolute atomic E-state index is 5.44. The van der Waals surface area contributed by atoms with Crippen LogP contribution in [0.2, 0.25) is 0 Å². The van der Waals surface area contributed by atoms with Gasteiger partial charge in [-0.25, -0.2) is 9.97 Å². The number of fused-ring (bicyclic) bond motifs is 2. The first kappa shape index (κ1) is 20.8. The van der Waals surface area contributed by atoms with Crippen molar-refractivity contribution in [1.82, 2.24) is 29.2 Å². The fraction of sp³-hybridized carbons (Fsp3) is 0.269. The van der Waals surface area contributed by atoms with E-state index in [1.54, 1.807) is 6.20 Å². The number of rotatable bonds is 6. The minimum absolute atomic E-state index is 0.574.